The number of nitrogens with zero attached hydrogens (tertiary/aromatic N) is 1. The third kappa shape index (κ3) is 1.89. The molecule has 0 heterocycles. The molecule has 1 aliphatic carbocycles. The summed E-state index contributed by atoms with van der Waals surface area (Å²) >= 11 is 0. The highest BCUT2D eigenvalue weighted by Gasteiger charge is 2.21. The van der Waals surface area contributed by atoms with Crippen molar-refractivity contribution < 1.29 is 0 Å². The molecular weight excluding hydrogens is 116 g/mol. The maximum absolute atomic E-state index is 5.12. The Balaban J connectivity index is 2.21. The highest BCUT2D eigenvalue weighted by atomic mass is 15.3. The minimum atomic E-state index is 0.611. The van der Waals surface area contributed by atoms with Gasteiger partial charge in [-0.05, 0) is 12.8 Å². The molecule has 1 saturated carbocycles. The third-order valence-electron chi connectivity index (χ3n) is 1.28. The van der Waals surface area contributed by atoms with Crippen LogP contribution in [0.2, 0.25) is 0 Å². The second-order valence-electron chi connectivity index (χ2n) is 2.14. The molecule has 0 bridgehead atoms. The summed E-state index contributed by atoms with van der Waals surface area (Å²) in [7, 11) is 1.70. The van der Waals surface area contributed by atoms with Crippen molar-refractivity contribution in [3.8, 4) is 0 Å². The van der Waals surface area contributed by atoms with Crippen molar-refractivity contribution in [2.75, 3.05) is 7.05 Å². The molecule has 0 saturated heterocycles. The minimum Gasteiger partial charge on any atom is -0.353 e. The second-order valence-corrected chi connectivity index (χ2v) is 2.14. The number of hydrogen-bond donors (Lipinski definition) is 3. The van der Waals surface area contributed by atoms with Crippen LogP contribution >= 0.6 is 0 Å². The van der Waals surface area contributed by atoms with Gasteiger partial charge in [0.1, 0.15) is 0 Å². The summed E-state index contributed by atoms with van der Waals surface area (Å²) in [4.78, 5) is 3.86. The fourth-order valence-corrected chi connectivity index (χ4v) is 0.592. The number of hydrazine groups is 1. The smallest absolute Gasteiger partial charge is 0.205 e. The summed E-state index contributed by atoms with van der Waals surface area (Å²) in [6.45, 7) is 0. The van der Waals surface area contributed by atoms with Crippen molar-refractivity contribution in [2.45, 2.75) is 18.9 Å². The minimum absolute atomic E-state index is 0.611. The van der Waals surface area contributed by atoms with E-state index < -0.39 is 0 Å². The number of hydrogen-bond acceptors (Lipinski definition) is 2. The van der Waals surface area contributed by atoms with Gasteiger partial charge in [0, 0.05) is 13.1 Å². The molecule has 1 fully saturated rings. The first-order valence-corrected chi connectivity index (χ1v) is 3.06. The largest absolute Gasteiger partial charge is 0.353 e. The predicted molar refractivity (Wildman–Crippen MR) is 36.8 cm³/mol. The van der Waals surface area contributed by atoms with E-state index in [0.29, 0.717) is 12.0 Å². The average Bonchev–Trinajstić information content (AvgIpc) is 2.66. The van der Waals surface area contributed by atoms with Crippen molar-refractivity contribution in [1.82, 2.24) is 10.7 Å². The predicted octanol–water partition coefficient (Wildman–Crippen LogP) is -0.812. The van der Waals surface area contributed by atoms with Gasteiger partial charge in [-0.3, -0.25) is 10.4 Å². The van der Waals surface area contributed by atoms with Gasteiger partial charge >= 0.3 is 0 Å². The highest BCUT2D eigenvalue weighted by molar-refractivity contribution is 5.79. The lowest BCUT2D eigenvalue weighted by atomic mass is 10.7. The zero-order chi connectivity index (χ0) is 6.69. The number of aliphatic imine (C=N–C) groups is 1. The summed E-state index contributed by atoms with van der Waals surface area (Å²) in [6.07, 6.45) is 2.47. The molecule has 4 N–H and O–H groups in total. The molecule has 9 heavy (non-hydrogen) atoms. The Morgan fingerprint density at radius 2 is 2.33 bits per heavy atom. The van der Waals surface area contributed by atoms with Crippen LogP contribution in [0, 0.1) is 0 Å². The van der Waals surface area contributed by atoms with Crippen LogP contribution in [0.25, 0.3) is 0 Å². The lowest BCUT2D eigenvalue weighted by molar-refractivity contribution is 0.835. The SMILES string of the molecule is CN=C(NN)NC1CC1. The Morgan fingerprint density at radius 3 is 2.67 bits per heavy atom. The topological polar surface area (TPSA) is 62.4 Å². The molecule has 0 aromatic rings. The molecule has 0 atom stereocenters. The first kappa shape index (κ1) is 6.35. The van der Waals surface area contributed by atoms with Crippen LogP contribution in [0.5, 0.6) is 0 Å². The zero-order valence-electron chi connectivity index (χ0n) is 5.52. The van der Waals surface area contributed by atoms with Crippen LogP contribution in [0.15, 0.2) is 4.99 Å². The molecule has 0 aliphatic heterocycles. The van der Waals surface area contributed by atoms with Crippen LogP contribution in [0.3, 0.4) is 0 Å². The fraction of sp³-hybridized carbons (Fsp3) is 0.800. The van der Waals surface area contributed by atoms with E-state index >= 15 is 0 Å². The highest BCUT2D eigenvalue weighted by Crippen LogP contribution is 2.17. The van der Waals surface area contributed by atoms with E-state index in [1.165, 1.54) is 12.8 Å². The molecular formula is C5H12N4. The molecule has 0 unspecified atom stereocenters. The molecule has 52 valence electrons. The number of nitrogens with one attached hydrogen (secondary N) is 2. The molecule has 0 spiro atoms. The Bertz CT molecular complexity index is 116. The normalized spacial score (nSPS) is 19.6. The number of rotatable bonds is 1. The molecule has 0 amide bonds. The maximum Gasteiger partial charge on any atom is 0.205 e. The molecule has 4 nitrogen and oxygen atoms in total. The van der Waals surface area contributed by atoms with E-state index in [-0.39, 0.29) is 0 Å². The number of nitrogens with two attached hydrogens (primary N) is 1. The van der Waals surface area contributed by atoms with E-state index in [1.807, 2.05) is 0 Å². The van der Waals surface area contributed by atoms with E-state index in [4.69, 9.17) is 5.84 Å². The van der Waals surface area contributed by atoms with E-state index in [2.05, 4.69) is 15.7 Å². The first-order valence-electron chi connectivity index (χ1n) is 3.06. The maximum atomic E-state index is 5.12. The van der Waals surface area contributed by atoms with Gasteiger partial charge in [-0.15, -0.1) is 0 Å². The standard InChI is InChI=1S/C5H12N4/c1-7-5(9-6)8-4-2-3-4/h4H,2-3,6H2,1H3,(H2,7,8,9). The zero-order valence-corrected chi connectivity index (χ0v) is 5.52. The van der Waals surface area contributed by atoms with Gasteiger partial charge in [0.25, 0.3) is 0 Å². The Hall–Kier alpha value is -0.770. The van der Waals surface area contributed by atoms with Gasteiger partial charge in [0.05, 0.1) is 0 Å². The molecule has 0 aromatic heterocycles. The Morgan fingerprint density at radius 1 is 1.67 bits per heavy atom. The molecule has 4 heteroatoms. The first-order chi connectivity index (χ1) is 4.36. The van der Waals surface area contributed by atoms with Crippen molar-refractivity contribution in [3.63, 3.8) is 0 Å². The van der Waals surface area contributed by atoms with E-state index in [0.717, 1.165) is 0 Å². The number of guanidine groups is 1. The van der Waals surface area contributed by atoms with Gasteiger partial charge in [0.2, 0.25) is 5.96 Å². The van der Waals surface area contributed by atoms with Crippen molar-refractivity contribution in [1.29, 1.82) is 0 Å². The monoisotopic (exact) mass is 128 g/mol. The Kier molecular flexibility index (Phi) is 1.89. The summed E-state index contributed by atoms with van der Waals surface area (Å²) in [5, 5.41) is 3.10. The summed E-state index contributed by atoms with van der Waals surface area (Å²) < 4.78 is 0. The van der Waals surface area contributed by atoms with Crippen LogP contribution < -0.4 is 16.6 Å². The summed E-state index contributed by atoms with van der Waals surface area (Å²) in [5.41, 5.74) is 2.46. The van der Waals surface area contributed by atoms with Gasteiger partial charge in [-0.2, -0.15) is 0 Å². The van der Waals surface area contributed by atoms with Crippen LogP contribution in [-0.4, -0.2) is 19.0 Å². The van der Waals surface area contributed by atoms with Crippen molar-refractivity contribution >= 4 is 5.96 Å². The lowest BCUT2D eigenvalue weighted by Crippen LogP contribution is -2.42. The second kappa shape index (κ2) is 2.68. The van der Waals surface area contributed by atoms with Gasteiger partial charge in [-0.1, -0.05) is 0 Å². The van der Waals surface area contributed by atoms with Crippen molar-refractivity contribution in [2.24, 2.45) is 10.8 Å². The average molecular weight is 128 g/mol. The van der Waals surface area contributed by atoms with Crippen LogP contribution in [0.1, 0.15) is 12.8 Å². The van der Waals surface area contributed by atoms with Crippen molar-refractivity contribution in [3.05, 3.63) is 0 Å². The van der Waals surface area contributed by atoms with E-state index in [9.17, 15) is 0 Å². The van der Waals surface area contributed by atoms with E-state index in [1.54, 1.807) is 7.05 Å². The van der Waals surface area contributed by atoms with Gasteiger partial charge < -0.3 is 5.32 Å². The Labute approximate surface area is 54.5 Å². The quantitative estimate of drug-likeness (QED) is 0.187. The summed E-state index contributed by atoms with van der Waals surface area (Å²) in [6, 6.07) is 0.611. The van der Waals surface area contributed by atoms with Crippen LogP contribution in [0.4, 0.5) is 0 Å². The molecule has 0 aromatic carbocycles. The van der Waals surface area contributed by atoms with Gasteiger partial charge in [0.15, 0.2) is 0 Å². The van der Waals surface area contributed by atoms with Gasteiger partial charge in [-0.25, -0.2) is 5.84 Å². The lowest BCUT2D eigenvalue weighted by Gasteiger charge is -2.04. The summed E-state index contributed by atoms with van der Waals surface area (Å²) in [5.74, 6) is 5.79. The molecule has 1 rings (SSSR count). The molecule has 1 aliphatic rings. The third-order valence-corrected chi connectivity index (χ3v) is 1.28. The fourth-order valence-electron chi connectivity index (χ4n) is 0.592. The molecule has 0 radical (unpaired) electrons. The van der Waals surface area contributed by atoms with Crippen LogP contribution in [-0.2, 0) is 0 Å².